The van der Waals surface area contributed by atoms with Crippen LogP contribution in [0.2, 0.25) is 5.02 Å². The SMILES string of the molecule is C[C@H](OC(=O)/C=C\c1cnc2ccccc2n1)c1ccccc1Cl. The number of nitrogens with zero attached hydrogens (tertiary/aromatic N) is 2. The summed E-state index contributed by atoms with van der Waals surface area (Å²) in [5.74, 6) is -0.461. The molecule has 0 N–H and O–H groups in total. The highest BCUT2D eigenvalue weighted by Gasteiger charge is 2.12. The van der Waals surface area contributed by atoms with E-state index in [-0.39, 0.29) is 0 Å². The number of aromatic nitrogens is 2. The summed E-state index contributed by atoms with van der Waals surface area (Å²) in [6, 6.07) is 14.8. The Morgan fingerprint density at radius 1 is 1.12 bits per heavy atom. The molecule has 0 saturated heterocycles. The molecule has 0 unspecified atom stereocenters. The summed E-state index contributed by atoms with van der Waals surface area (Å²) >= 11 is 6.10. The fourth-order valence-corrected chi connectivity index (χ4v) is 2.58. The number of benzene rings is 2. The molecule has 1 heterocycles. The van der Waals surface area contributed by atoms with Crippen molar-refractivity contribution in [1.82, 2.24) is 9.97 Å². The van der Waals surface area contributed by atoms with Crippen LogP contribution in [-0.2, 0) is 9.53 Å². The van der Waals surface area contributed by atoms with Gasteiger partial charge >= 0.3 is 5.97 Å². The van der Waals surface area contributed by atoms with Crippen molar-refractivity contribution in [3.8, 4) is 0 Å². The van der Waals surface area contributed by atoms with Gasteiger partial charge in [0.05, 0.1) is 22.9 Å². The maximum atomic E-state index is 12.0. The Kier molecular flexibility index (Phi) is 4.87. The zero-order valence-electron chi connectivity index (χ0n) is 13.0. The van der Waals surface area contributed by atoms with Gasteiger partial charge in [-0.15, -0.1) is 0 Å². The Bertz CT molecular complexity index is 909. The number of hydrogen-bond acceptors (Lipinski definition) is 4. The highest BCUT2D eigenvalue weighted by molar-refractivity contribution is 6.31. The zero-order chi connectivity index (χ0) is 16.9. The molecule has 2 aromatic carbocycles. The number of carbonyl (C=O) groups is 1. The molecular weight excluding hydrogens is 324 g/mol. The molecular formula is C19H15ClN2O2. The molecule has 1 aromatic heterocycles. The fraction of sp³-hybridized carbons (Fsp3) is 0.105. The van der Waals surface area contributed by atoms with Crippen LogP contribution in [0.25, 0.3) is 17.1 Å². The number of hydrogen-bond donors (Lipinski definition) is 0. The predicted molar refractivity (Wildman–Crippen MR) is 94.5 cm³/mol. The largest absolute Gasteiger partial charge is 0.455 e. The molecule has 0 radical (unpaired) electrons. The van der Waals surface area contributed by atoms with Crippen molar-refractivity contribution in [2.45, 2.75) is 13.0 Å². The average molecular weight is 339 g/mol. The first-order valence-corrected chi connectivity index (χ1v) is 7.86. The maximum Gasteiger partial charge on any atom is 0.331 e. The van der Waals surface area contributed by atoms with Gasteiger partial charge in [0.1, 0.15) is 6.10 Å². The van der Waals surface area contributed by atoms with E-state index in [0.29, 0.717) is 10.7 Å². The van der Waals surface area contributed by atoms with Gasteiger partial charge in [0, 0.05) is 16.7 Å². The minimum absolute atomic E-state index is 0.432. The summed E-state index contributed by atoms with van der Waals surface area (Å²) in [5.41, 5.74) is 2.95. The molecule has 3 aromatic rings. The highest BCUT2D eigenvalue weighted by atomic mass is 35.5. The Hall–Kier alpha value is -2.72. The van der Waals surface area contributed by atoms with Crippen LogP contribution >= 0.6 is 11.6 Å². The van der Waals surface area contributed by atoms with Crippen LogP contribution in [-0.4, -0.2) is 15.9 Å². The molecule has 0 aliphatic rings. The first-order chi connectivity index (χ1) is 11.6. The van der Waals surface area contributed by atoms with E-state index in [1.165, 1.54) is 6.08 Å². The third-order valence-corrected chi connectivity index (χ3v) is 3.84. The van der Waals surface area contributed by atoms with E-state index in [4.69, 9.17) is 16.3 Å². The van der Waals surface area contributed by atoms with Crippen LogP contribution in [0.3, 0.4) is 0 Å². The second-order valence-electron chi connectivity index (χ2n) is 5.22. The lowest BCUT2D eigenvalue weighted by Gasteiger charge is -2.13. The summed E-state index contributed by atoms with van der Waals surface area (Å²) in [5, 5.41) is 0.571. The quantitative estimate of drug-likeness (QED) is 0.515. The van der Waals surface area contributed by atoms with Gasteiger partial charge in [-0.1, -0.05) is 41.9 Å². The van der Waals surface area contributed by atoms with Crippen LogP contribution in [0.5, 0.6) is 0 Å². The molecule has 0 aliphatic heterocycles. The van der Waals surface area contributed by atoms with E-state index in [1.807, 2.05) is 42.5 Å². The van der Waals surface area contributed by atoms with Gasteiger partial charge < -0.3 is 4.74 Å². The molecule has 0 fully saturated rings. The number of rotatable bonds is 4. The minimum atomic E-state index is -0.461. The highest BCUT2D eigenvalue weighted by Crippen LogP contribution is 2.25. The molecule has 0 spiro atoms. The summed E-state index contributed by atoms with van der Waals surface area (Å²) in [7, 11) is 0. The Morgan fingerprint density at radius 2 is 1.83 bits per heavy atom. The second-order valence-corrected chi connectivity index (χ2v) is 5.62. The molecule has 0 amide bonds. The average Bonchev–Trinajstić information content (AvgIpc) is 2.60. The third-order valence-electron chi connectivity index (χ3n) is 3.49. The fourth-order valence-electron chi connectivity index (χ4n) is 2.29. The summed E-state index contributed by atoms with van der Waals surface area (Å²) < 4.78 is 5.37. The molecule has 4 nitrogen and oxygen atoms in total. The summed E-state index contributed by atoms with van der Waals surface area (Å²) in [6.07, 6.45) is 4.11. The van der Waals surface area contributed by atoms with Gasteiger partial charge in [-0.25, -0.2) is 9.78 Å². The Morgan fingerprint density at radius 3 is 2.62 bits per heavy atom. The monoisotopic (exact) mass is 338 g/mol. The van der Waals surface area contributed by atoms with Crippen LogP contribution in [0.1, 0.15) is 24.3 Å². The first kappa shape index (κ1) is 16.1. The topological polar surface area (TPSA) is 52.1 Å². The predicted octanol–water partition coefficient (Wildman–Crippen LogP) is 4.60. The van der Waals surface area contributed by atoms with Crippen LogP contribution in [0.4, 0.5) is 0 Å². The standard InChI is InChI=1S/C19H15ClN2O2/c1-13(15-6-2-3-7-16(15)20)24-19(23)11-10-14-12-21-17-8-4-5-9-18(17)22-14/h2-13H,1H3/b11-10-/t13-/m0/s1. The van der Waals surface area contributed by atoms with Crippen molar-refractivity contribution in [3.63, 3.8) is 0 Å². The number of fused-ring (bicyclic) bond motifs is 1. The van der Waals surface area contributed by atoms with Crippen molar-refractivity contribution in [2.75, 3.05) is 0 Å². The first-order valence-electron chi connectivity index (χ1n) is 7.48. The lowest BCUT2D eigenvalue weighted by Crippen LogP contribution is -2.06. The molecule has 0 saturated carbocycles. The number of esters is 1. The van der Waals surface area contributed by atoms with E-state index in [1.54, 1.807) is 25.3 Å². The van der Waals surface area contributed by atoms with Crippen molar-refractivity contribution >= 4 is 34.7 Å². The van der Waals surface area contributed by atoms with Crippen LogP contribution in [0.15, 0.2) is 60.8 Å². The van der Waals surface area contributed by atoms with Crippen molar-refractivity contribution in [1.29, 1.82) is 0 Å². The van der Waals surface area contributed by atoms with Gasteiger partial charge in [-0.3, -0.25) is 4.98 Å². The molecule has 0 aliphatic carbocycles. The molecule has 3 rings (SSSR count). The van der Waals surface area contributed by atoms with E-state index >= 15 is 0 Å². The normalized spacial score (nSPS) is 12.4. The Labute approximate surface area is 144 Å². The van der Waals surface area contributed by atoms with Crippen molar-refractivity contribution in [3.05, 3.63) is 77.1 Å². The number of carbonyl (C=O) groups excluding carboxylic acids is 1. The molecule has 1 atom stereocenters. The summed E-state index contributed by atoms with van der Waals surface area (Å²) in [6.45, 7) is 1.78. The third kappa shape index (κ3) is 3.78. The van der Waals surface area contributed by atoms with Gasteiger partial charge in [0.25, 0.3) is 0 Å². The number of para-hydroxylation sites is 2. The van der Waals surface area contributed by atoms with Gasteiger partial charge in [0.2, 0.25) is 0 Å². The number of halogens is 1. The van der Waals surface area contributed by atoms with Gasteiger partial charge in [-0.05, 0) is 31.2 Å². The van der Waals surface area contributed by atoms with Crippen LogP contribution < -0.4 is 0 Å². The van der Waals surface area contributed by atoms with Crippen molar-refractivity contribution in [2.24, 2.45) is 0 Å². The van der Waals surface area contributed by atoms with Gasteiger partial charge in [0.15, 0.2) is 0 Å². The van der Waals surface area contributed by atoms with Crippen LogP contribution in [0, 0.1) is 0 Å². The van der Waals surface area contributed by atoms with E-state index < -0.39 is 12.1 Å². The minimum Gasteiger partial charge on any atom is -0.455 e. The summed E-state index contributed by atoms with van der Waals surface area (Å²) in [4.78, 5) is 20.7. The van der Waals surface area contributed by atoms with E-state index in [2.05, 4.69) is 9.97 Å². The lowest BCUT2D eigenvalue weighted by atomic mass is 10.1. The van der Waals surface area contributed by atoms with E-state index in [0.717, 1.165) is 16.6 Å². The lowest BCUT2D eigenvalue weighted by molar-refractivity contribution is -0.142. The molecule has 24 heavy (non-hydrogen) atoms. The molecule has 120 valence electrons. The second kappa shape index (κ2) is 7.23. The van der Waals surface area contributed by atoms with Crippen molar-refractivity contribution < 1.29 is 9.53 Å². The van der Waals surface area contributed by atoms with E-state index in [9.17, 15) is 4.79 Å². The zero-order valence-corrected chi connectivity index (χ0v) is 13.8. The smallest absolute Gasteiger partial charge is 0.331 e. The Balaban J connectivity index is 1.69. The molecule has 0 bridgehead atoms. The molecule has 5 heteroatoms. The maximum absolute atomic E-state index is 12.0. The van der Waals surface area contributed by atoms with Gasteiger partial charge in [-0.2, -0.15) is 0 Å². The number of ether oxygens (including phenoxy) is 1.